The van der Waals surface area contributed by atoms with E-state index in [-0.39, 0.29) is 17.1 Å². The van der Waals surface area contributed by atoms with Gasteiger partial charge in [0, 0.05) is 24.4 Å². The maximum Gasteiger partial charge on any atom is 0.273 e. The molecule has 0 fully saturated rings. The molecule has 0 aliphatic heterocycles. The Labute approximate surface area is 92.0 Å². The number of hydrogen-bond acceptors (Lipinski definition) is 2. The molecular formula is C12H11FN2O. The fourth-order valence-electron chi connectivity index (χ4n) is 1.58. The second-order valence-electron chi connectivity index (χ2n) is 3.58. The average Bonchev–Trinajstić information content (AvgIpc) is 2.26. The van der Waals surface area contributed by atoms with Gasteiger partial charge in [-0.05, 0) is 12.1 Å². The van der Waals surface area contributed by atoms with Crippen LogP contribution in [0.5, 0.6) is 0 Å². The van der Waals surface area contributed by atoms with E-state index in [1.807, 2.05) is 0 Å². The van der Waals surface area contributed by atoms with Crippen molar-refractivity contribution < 1.29 is 4.39 Å². The number of pyridine rings is 1. The van der Waals surface area contributed by atoms with Crippen molar-refractivity contribution in [3.8, 4) is 11.1 Å². The number of halogens is 1. The van der Waals surface area contributed by atoms with Gasteiger partial charge in [-0.25, -0.2) is 4.39 Å². The first-order chi connectivity index (χ1) is 7.59. The molecule has 0 aliphatic rings. The van der Waals surface area contributed by atoms with Gasteiger partial charge in [-0.3, -0.25) is 4.79 Å². The minimum Gasteiger partial charge on any atom is -0.394 e. The fourth-order valence-corrected chi connectivity index (χ4v) is 1.58. The van der Waals surface area contributed by atoms with E-state index < -0.39 is 0 Å². The highest BCUT2D eigenvalue weighted by atomic mass is 19.1. The Hall–Kier alpha value is -2.10. The lowest BCUT2D eigenvalue weighted by Crippen LogP contribution is -2.19. The molecule has 0 unspecified atom stereocenters. The van der Waals surface area contributed by atoms with Crippen molar-refractivity contribution in [2.75, 3.05) is 5.73 Å². The predicted molar refractivity (Wildman–Crippen MR) is 61.5 cm³/mol. The van der Waals surface area contributed by atoms with E-state index in [1.165, 1.54) is 16.7 Å². The van der Waals surface area contributed by atoms with Crippen molar-refractivity contribution in [1.82, 2.24) is 4.57 Å². The fraction of sp³-hybridized carbons (Fsp3) is 0.0833. The summed E-state index contributed by atoms with van der Waals surface area (Å²) in [6.45, 7) is 0. The van der Waals surface area contributed by atoms with E-state index in [9.17, 15) is 9.18 Å². The number of nitrogens with two attached hydrogens (primary N) is 1. The highest BCUT2D eigenvalue weighted by Crippen LogP contribution is 2.22. The SMILES string of the molecule is Cn1cc(-c2ccccc2F)cc(N)c1=O. The van der Waals surface area contributed by atoms with Crippen LogP contribution in [0.2, 0.25) is 0 Å². The maximum absolute atomic E-state index is 13.5. The highest BCUT2D eigenvalue weighted by Gasteiger charge is 2.07. The van der Waals surface area contributed by atoms with Gasteiger partial charge in [0.05, 0.1) is 5.69 Å². The largest absolute Gasteiger partial charge is 0.394 e. The van der Waals surface area contributed by atoms with Crippen LogP contribution in [-0.2, 0) is 7.05 Å². The van der Waals surface area contributed by atoms with E-state index in [0.29, 0.717) is 11.1 Å². The molecule has 0 bridgehead atoms. The van der Waals surface area contributed by atoms with Crippen molar-refractivity contribution in [1.29, 1.82) is 0 Å². The molecule has 0 saturated heterocycles. The van der Waals surface area contributed by atoms with Crippen molar-refractivity contribution in [2.24, 2.45) is 7.05 Å². The Morgan fingerprint density at radius 1 is 1.31 bits per heavy atom. The molecule has 1 heterocycles. The molecule has 4 heteroatoms. The standard InChI is InChI=1S/C12H11FN2O/c1-15-7-8(6-11(14)12(15)16)9-4-2-3-5-10(9)13/h2-7H,14H2,1H3. The summed E-state index contributed by atoms with van der Waals surface area (Å²) in [4.78, 5) is 11.4. The zero-order valence-electron chi connectivity index (χ0n) is 8.77. The predicted octanol–water partition coefficient (Wildman–Crippen LogP) is 1.77. The van der Waals surface area contributed by atoms with Gasteiger partial charge in [0.25, 0.3) is 5.56 Å². The summed E-state index contributed by atoms with van der Waals surface area (Å²) in [5.41, 5.74) is 6.42. The molecule has 0 radical (unpaired) electrons. The maximum atomic E-state index is 13.5. The summed E-state index contributed by atoms with van der Waals surface area (Å²) >= 11 is 0. The van der Waals surface area contributed by atoms with Gasteiger partial charge in [-0.1, -0.05) is 18.2 Å². The van der Waals surface area contributed by atoms with Crippen LogP contribution < -0.4 is 11.3 Å². The molecule has 82 valence electrons. The van der Waals surface area contributed by atoms with Crippen LogP contribution in [0.15, 0.2) is 41.3 Å². The van der Waals surface area contributed by atoms with Crippen LogP contribution in [0.1, 0.15) is 0 Å². The van der Waals surface area contributed by atoms with Crippen LogP contribution >= 0.6 is 0 Å². The molecule has 0 amide bonds. The van der Waals surface area contributed by atoms with Gasteiger partial charge >= 0.3 is 0 Å². The second kappa shape index (κ2) is 3.81. The van der Waals surface area contributed by atoms with Gasteiger partial charge in [0.15, 0.2) is 0 Å². The first-order valence-electron chi connectivity index (χ1n) is 4.80. The van der Waals surface area contributed by atoms with Crippen LogP contribution in [-0.4, -0.2) is 4.57 Å². The lowest BCUT2D eigenvalue weighted by molar-refractivity contribution is 0.631. The van der Waals surface area contributed by atoms with E-state index in [2.05, 4.69) is 0 Å². The minimum atomic E-state index is -0.333. The number of hydrogen-bond donors (Lipinski definition) is 1. The van der Waals surface area contributed by atoms with Crippen LogP contribution in [0, 0.1) is 5.82 Å². The molecule has 0 saturated carbocycles. The van der Waals surface area contributed by atoms with Crippen molar-refractivity contribution >= 4 is 5.69 Å². The molecule has 0 aliphatic carbocycles. The molecule has 16 heavy (non-hydrogen) atoms. The normalized spacial score (nSPS) is 10.4. The summed E-state index contributed by atoms with van der Waals surface area (Å²) < 4.78 is 14.9. The topological polar surface area (TPSA) is 48.0 Å². The Balaban J connectivity index is 2.67. The highest BCUT2D eigenvalue weighted by molar-refractivity contribution is 5.66. The molecule has 0 spiro atoms. The third kappa shape index (κ3) is 1.69. The van der Waals surface area contributed by atoms with E-state index in [0.717, 1.165) is 0 Å². The summed E-state index contributed by atoms with van der Waals surface area (Å²) in [7, 11) is 1.59. The van der Waals surface area contributed by atoms with Crippen molar-refractivity contribution in [3.05, 3.63) is 52.7 Å². The van der Waals surface area contributed by atoms with Gasteiger partial charge in [-0.15, -0.1) is 0 Å². The van der Waals surface area contributed by atoms with E-state index in [4.69, 9.17) is 5.73 Å². The monoisotopic (exact) mass is 218 g/mol. The number of aryl methyl sites for hydroxylation is 1. The third-order valence-electron chi connectivity index (χ3n) is 2.40. The summed E-state index contributed by atoms with van der Waals surface area (Å²) in [6.07, 6.45) is 1.57. The zero-order valence-corrected chi connectivity index (χ0v) is 8.77. The minimum absolute atomic E-state index is 0.114. The molecule has 2 N–H and O–H groups in total. The zero-order chi connectivity index (χ0) is 11.7. The molecule has 2 rings (SSSR count). The number of aromatic nitrogens is 1. The molecule has 1 aromatic heterocycles. The first-order valence-corrected chi connectivity index (χ1v) is 4.80. The molecule has 3 nitrogen and oxygen atoms in total. The van der Waals surface area contributed by atoms with Crippen LogP contribution in [0.25, 0.3) is 11.1 Å². The lowest BCUT2D eigenvalue weighted by Gasteiger charge is -2.06. The quantitative estimate of drug-likeness (QED) is 0.793. The molecule has 1 aromatic carbocycles. The van der Waals surface area contributed by atoms with Crippen molar-refractivity contribution in [2.45, 2.75) is 0 Å². The van der Waals surface area contributed by atoms with E-state index >= 15 is 0 Å². The Morgan fingerprint density at radius 2 is 2.00 bits per heavy atom. The van der Waals surface area contributed by atoms with Crippen LogP contribution in [0.3, 0.4) is 0 Å². The average molecular weight is 218 g/mol. The Bertz CT molecular complexity index is 564. The smallest absolute Gasteiger partial charge is 0.273 e. The first kappa shape index (κ1) is 10.4. The van der Waals surface area contributed by atoms with E-state index in [1.54, 1.807) is 31.4 Å². The van der Waals surface area contributed by atoms with Crippen LogP contribution in [0.4, 0.5) is 10.1 Å². The number of nitrogen functional groups attached to an aromatic ring is 1. The van der Waals surface area contributed by atoms with Gasteiger partial charge in [0.2, 0.25) is 0 Å². The molecule has 0 atom stereocenters. The van der Waals surface area contributed by atoms with Crippen molar-refractivity contribution in [3.63, 3.8) is 0 Å². The molecule has 2 aromatic rings. The Morgan fingerprint density at radius 3 is 2.62 bits per heavy atom. The van der Waals surface area contributed by atoms with Gasteiger partial charge in [0.1, 0.15) is 5.82 Å². The number of benzene rings is 1. The Kier molecular flexibility index (Phi) is 2.48. The third-order valence-corrected chi connectivity index (χ3v) is 2.40. The summed E-state index contributed by atoms with van der Waals surface area (Å²) in [5.74, 6) is -0.333. The van der Waals surface area contributed by atoms with Gasteiger partial charge in [-0.2, -0.15) is 0 Å². The summed E-state index contributed by atoms with van der Waals surface area (Å²) in [5, 5.41) is 0. The number of anilines is 1. The second-order valence-corrected chi connectivity index (χ2v) is 3.58. The summed E-state index contributed by atoms with van der Waals surface area (Å²) in [6, 6.07) is 7.86. The molecular weight excluding hydrogens is 207 g/mol. The number of nitrogens with zero attached hydrogens (tertiary/aromatic N) is 1. The lowest BCUT2D eigenvalue weighted by atomic mass is 10.1. The van der Waals surface area contributed by atoms with Gasteiger partial charge < -0.3 is 10.3 Å². The number of rotatable bonds is 1.